The summed E-state index contributed by atoms with van der Waals surface area (Å²) in [6.07, 6.45) is 1.91. The van der Waals surface area contributed by atoms with Gasteiger partial charge in [0.1, 0.15) is 0 Å². The molecule has 0 saturated heterocycles. The first-order valence-electron chi connectivity index (χ1n) is 8.67. The van der Waals surface area contributed by atoms with Crippen molar-refractivity contribution in [2.45, 2.75) is 0 Å². The maximum atomic E-state index is 13.3. The number of fused-ring (bicyclic) bond motifs is 2. The highest BCUT2D eigenvalue weighted by Crippen LogP contribution is 2.28. The molecule has 136 valence electrons. The van der Waals surface area contributed by atoms with Gasteiger partial charge in [-0.25, -0.2) is 9.38 Å². The molecule has 0 saturated carbocycles. The molecule has 5 aromatic rings. The minimum Gasteiger partial charge on any atom is -0.283 e. The molecule has 0 aliphatic heterocycles. The SMILES string of the molecule is O=c1c2ccccc2nc2n(-c3ccccc3Cl)cc(-c3ccc(Br)cc3)n12. The highest BCUT2D eigenvalue weighted by Gasteiger charge is 2.17. The van der Waals surface area contributed by atoms with Crippen molar-refractivity contribution in [1.82, 2.24) is 14.0 Å². The van der Waals surface area contributed by atoms with Gasteiger partial charge in [0.15, 0.2) is 0 Å². The van der Waals surface area contributed by atoms with Crippen molar-refractivity contribution in [2.24, 2.45) is 0 Å². The second-order valence-electron chi connectivity index (χ2n) is 6.41. The average Bonchev–Trinajstić information content (AvgIpc) is 3.09. The van der Waals surface area contributed by atoms with Crippen LogP contribution >= 0.6 is 27.5 Å². The first-order valence-corrected chi connectivity index (χ1v) is 9.84. The Hall–Kier alpha value is -2.89. The molecule has 3 aromatic carbocycles. The number of nitrogens with zero attached hydrogens (tertiary/aromatic N) is 3. The van der Waals surface area contributed by atoms with Crippen LogP contribution in [0.5, 0.6) is 0 Å². The highest BCUT2D eigenvalue weighted by molar-refractivity contribution is 9.10. The van der Waals surface area contributed by atoms with Crippen LogP contribution in [-0.4, -0.2) is 14.0 Å². The van der Waals surface area contributed by atoms with Gasteiger partial charge in [-0.3, -0.25) is 9.36 Å². The van der Waals surface area contributed by atoms with E-state index in [4.69, 9.17) is 16.6 Å². The predicted octanol–water partition coefficient (Wildman–Crippen LogP) is 5.72. The first kappa shape index (κ1) is 17.2. The first-order chi connectivity index (χ1) is 13.6. The molecule has 4 nitrogen and oxygen atoms in total. The van der Waals surface area contributed by atoms with Crippen molar-refractivity contribution in [3.63, 3.8) is 0 Å². The van der Waals surface area contributed by atoms with Crippen LogP contribution in [0.2, 0.25) is 5.02 Å². The van der Waals surface area contributed by atoms with Crippen LogP contribution in [0.15, 0.2) is 88.3 Å². The van der Waals surface area contributed by atoms with E-state index in [0.29, 0.717) is 21.7 Å². The molecule has 28 heavy (non-hydrogen) atoms. The summed E-state index contributed by atoms with van der Waals surface area (Å²) in [7, 11) is 0. The molecule has 0 amide bonds. The molecule has 6 heteroatoms. The number of rotatable bonds is 2. The van der Waals surface area contributed by atoms with E-state index in [1.54, 1.807) is 10.5 Å². The number of hydrogen-bond acceptors (Lipinski definition) is 2. The van der Waals surface area contributed by atoms with Crippen LogP contribution in [0.25, 0.3) is 33.6 Å². The van der Waals surface area contributed by atoms with Gasteiger partial charge >= 0.3 is 0 Å². The van der Waals surface area contributed by atoms with E-state index in [1.165, 1.54) is 0 Å². The Labute approximate surface area is 173 Å². The van der Waals surface area contributed by atoms with Crippen LogP contribution < -0.4 is 5.56 Å². The van der Waals surface area contributed by atoms with Gasteiger partial charge in [-0.15, -0.1) is 0 Å². The summed E-state index contributed by atoms with van der Waals surface area (Å²) < 4.78 is 4.49. The average molecular weight is 451 g/mol. The topological polar surface area (TPSA) is 39.3 Å². The second kappa shape index (κ2) is 6.62. The van der Waals surface area contributed by atoms with Gasteiger partial charge in [-0.1, -0.05) is 63.9 Å². The zero-order valence-electron chi connectivity index (χ0n) is 14.5. The minimum atomic E-state index is -0.107. The largest absolute Gasteiger partial charge is 0.283 e. The normalized spacial score (nSPS) is 11.4. The molecule has 2 heterocycles. The fourth-order valence-corrected chi connectivity index (χ4v) is 3.88. The van der Waals surface area contributed by atoms with E-state index in [-0.39, 0.29) is 5.56 Å². The molecule has 0 spiro atoms. The smallest absolute Gasteiger partial charge is 0.267 e. The molecule has 0 fully saturated rings. The quantitative estimate of drug-likeness (QED) is 0.345. The summed E-state index contributed by atoms with van der Waals surface area (Å²) in [5.74, 6) is 0.523. The molecular formula is C22H13BrClN3O. The summed E-state index contributed by atoms with van der Waals surface area (Å²) in [5.41, 5.74) is 2.99. The second-order valence-corrected chi connectivity index (χ2v) is 7.74. The van der Waals surface area contributed by atoms with Gasteiger partial charge in [0.25, 0.3) is 5.56 Å². The summed E-state index contributed by atoms with van der Waals surface area (Å²) in [4.78, 5) is 18.1. The van der Waals surface area contributed by atoms with E-state index in [1.807, 2.05) is 77.5 Å². The van der Waals surface area contributed by atoms with E-state index >= 15 is 0 Å². The molecule has 0 aliphatic carbocycles. The summed E-state index contributed by atoms with van der Waals surface area (Å²) in [6, 6.07) is 22.7. The highest BCUT2D eigenvalue weighted by atomic mass is 79.9. The molecule has 0 N–H and O–H groups in total. The molecule has 0 atom stereocenters. The molecule has 0 radical (unpaired) electrons. The van der Waals surface area contributed by atoms with Crippen molar-refractivity contribution in [1.29, 1.82) is 0 Å². The molecule has 0 aliphatic rings. The standard InChI is InChI=1S/C22H13BrClN3O/c23-15-11-9-14(10-12-15)20-13-26(19-8-4-2-6-17(19)24)22-25-18-7-3-1-5-16(18)21(28)27(20)22/h1-13H. The Kier molecular flexibility index (Phi) is 4.07. The maximum absolute atomic E-state index is 13.3. The van der Waals surface area contributed by atoms with Gasteiger partial charge < -0.3 is 0 Å². The van der Waals surface area contributed by atoms with Gasteiger partial charge in [-0.05, 0) is 36.4 Å². The Balaban J connectivity index is 1.95. The lowest BCUT2D eigenvalue weighted by molar-refractivity contribution is 1.03. The Morgan fingerprint density at radius 1 is 0.893 bits per heavy atom. The number of hydrogen-bond donors (Lipinski definition) is 0. The van der Waals surface area contributed by atoms with Crippen LogP contribution in [0.3, 0.4) is 0 Å². The third-order valence-electron chi connectivity index (χ3n) is 4.72. The van der Waals surface area contributed by atoms with Crippen molar-refractivity contribution >= 4 is 44.2 Å². The third kappa shape index (κ3) is 2.66. The van der Waals surface area contributed by atoms with E-state index in [0.717, 1.165) is 21.4 Å². The van der Waals surface area contributed by atoms with Crippen molar-refractivity contribution in [3.05, 3.63) is 98.8 Å². The lowest BCUT2D eigenvalue weighted by Crippen LogP contribution is -2.16. The number of aromatic nitrogens is 3. The molecule has 0 bridgehead atoms. The van der Waals surface area contributed by atoms with Gasteiger partial charge in [0, 0.05) is 16.2 Å². The monoisotopic (exact) mass is 449 g/mol. The van der Waals surface area contributed by atoms with Crippen LogP contribution in [-0.2, 0) is 0 Å². The van der Waals surface area contributed by atoms with E-state index in [9.17, 15) is 4.79 Å². The van der Waals surface area contributed by atoms with Crippen molar-refractivity contribution < 1.29 is 0 Å². The Bertz CT molecular complexity index is 1400. The Morgan fingerprint density at radius 3 is 2.39 bits per heavy atom. The Morgan fingerprint density at radius 2 is 1.61 bits per heavy atom. The van der Waals surface area contributed by atoms with Crippen molar-refractivity contribution in [2.75, 3.05) is 0 Å². The van der Waals surface area contributed by atoms with Crippen molar-refractivity contribution in [3.8, 4) is 16.9 Å². The van der Waals surface area contributed by atoms with E-state index < -0.39 is 0 Å². The fraction of sp³-hybridized carbons (Fsp3) is 0. The van der Waals surface area contributed by atoms with Crippen LogP contribution in [0.4, 0.5) is 0 Å². The maximum Gasteiger partial charge on any atom is 0.267 e. The minimum absolute atomic E-state index is 0.107. The molecule has 5 rings (SSSR count). The number of para-hydroxylation sites is 2. The zero-order chi connectivity index (χ0) is 19.3. The van der Waals surface area contributed by atoms with Gasteiger partial charge in [0.05, 0.1) is 27.3 Å². The molecular weight excluding hydrogens is 438 g/mol. The summed E-state index contributed by atoms with van der Waals surface area (Å²) in [6.45, 7) is 0. The lowest BCUT2D eigenvalue weighted by atomic mass is 10.1. The third-order valence-corrected chi connectivity index (χ3v) is 5.57. The lowest BCUT2D eigenvalue weighted by Gasteiger charge is -2.07. The summed E-state index contributed by atoms with van der Waals surface area (Å²) in [5, 5.41) is 1.17. The molecule has 0 unspecified atom stereocenters. The van der Waals surface area contributed by atoms with Gasteiger partial charge in [0.2, 0.25) is 5.78 Å². The predicted molar refractivity (Wildman–Crippen MR) is 116 cm³/mol. The zero-order valence-corrected chi connectivity index (χ0v) is 16.9. The van der Waals surface area contributed by atoms with Gasteiger partial charge in [-0.2, -0.15) is 0 Å². The molecule has 2 aromatic heterocycles. The van der Waals surface area contributed by atoms with Crippen LogP contribution in [0, 0.1) is 0 Å². The van der Waals surface area contributed by atoms with Crippen LogP contribution in [0.1, 0.15) is 0 Å². The number of halogens is 2. The fourth-order valence-electron chi connectivity index (χ4n) is 3.39. The number of imidazole rings is 1. The summed E-state index contributed by atoms with van der Waals surface area (Å²) >= 11 is 9.91. The van der Waals surface area contributed by atoms with E-state index in [2.05, 4.69) is 15.9 Å². The number of benzene rings is 3.